The fourth-order valence-electron chi connectivity index (χ4n) is 2.16. The summed E-state index contributed by atoms with van der Waals surface area (Å²) in [5, 5.41) is 5.13. The van der Waals surface area contributed by atoms with E-state index in [0.717, 1.165) is 10.9 Å². The molecule has 2 heteroatoms. The lowest BCUT2D eigenvalue weighted by atomic mass is 9.75. The van der Waals surface area contributed by atoms with Crippen LogP contribution in [0.15, 0.2) is 22.9 Å². The number of nitrogens with zero attached hydrogens (tertiary/aromatic N) is 1. The summed E-state index contributed by atoms with van der Waals surface area (Å²) in [7, 11) is 0. The Kier molecular flexibility index (Phi) is 2.57. The second-order valence-electron chi connectivity index (χ2n) is 6.77. The van der Waals surface area contributed by atoms with Crippen LogP contribution in [0.5, 0.6) is 0 Å². The highest BCUT2D eigenvalue weighted by Gasteiger charge is 2.26. The number of rotatable bonds is 0. The Hall–Kier alpha value is -1.31. The van der Waals surface area contributed by atoms with E-state index in [1.54, 1.807) is 6.26 Å². The van der Waals surface area contributed by atoms with Gasteiger partial charge in [-0.1, -0.05) is 46.7 Å². The maximum Gasteiger partial charge on any atom is 0.131 e. The summed E-state index contributed by atoms with van der Waals surface area (Å²) in [6.45, 7) is 13.5. The normalized spacial score (nSPS) is 13.3. The molecular formula is C15H21NO. The molecule has 2 nitrogen and oxygen atoms in total. The molecule has 0 radical (unpaired) electrons. The molecule has 0 amide bonds. The molecule has 0 saturated heterocycles. The van der Waals surface area contributed by atoms with E-state index in [9.17, 15) is 0 Å². The van der Waals surface area contributed by atoms with Gasteiger partial charge in [0.15, 0.2) is 0 Å². The largest absolute Gasteiger partial charge is 0.364 e. The number of aromatic nitrogens is 1. The zero-order chi connectivity index (χ0) is 12.8. The molecule has 1 aromatic heterocycles. The lowest BCUT2D eigenvalue weighted by Gasteiger charge is -2.30. The molecule has 0 fully saturated rings. The highest BCUT2D eigenvalue weighted by atomic mass is 16.5. The van der Waals surface area contributed by atoms with Gasteiger partial charge in [0.2, 0.25) is 0 Å². The highest BCUT2D eigenvalue weighted by molar-refractivity contribution is 5.80. The van der Waals surface area contributed by atoms with Gasteiger partial charge in [0.25, 0.3) is 0 Å². The monoisotopic (exact) mass is 231 g/mol. The first-order valence-corrected chi connectivity index (χ1v) is 6.09. The molecule has 2 aromatic rings. The molecule has 0 atom stereocenters. The molecule has 17 heavy (non-hydrogen) atoms. The van der Waals surface area contributed by atoms with Crippen LogP contribution in [0.2, 0.25) is 0 Å². The van der Waals surface area contributed by atoms with Gasteiger partial charge in [-0.25, -0.2) is 0 Å². The Bertz CT molecular complexity index is 490. The molecular weight excluding hydrogens is 210 g/mol. The molecule has 0 bridgehead atoms. The van der Waals surface area contributed by atoms with Gasteiger partial charge < -0.3 is 4.52 Å². The van der Waals surface area contributed by atoms with Crippen LogP contribution in [-0.4, -0.2) is 5.16 Å². The molecule has 0 N–H and O–H groups in total. The van der Waals surface area contributed by atoms with Crippen molar-refractivity contribution in [3.05, 3.63) is 29.5 Å². The van der Waals surface area contributed by atoms with E-state index in [0.29, 0.717) is 0 Å². The van der Waals surface area contributed by atoms with E-state index in [2.05, 4.69) is 58.8 Å². The third kappa shape index (κ3) is 2.21. The predicted octanol–water partition coefficient (Wildman–Crippen LogP) is 4.42. The van der Waals surface area contributed by atoms with Crippen LogP contribution < -0.4 is 0 Å². The van der Waals surface area contributed by atoms with Crippen molar-refractivity contribution >= 4 is 10.9 Å². The van der Waals surface area contributed by atoms with E-state index >= 15 is 0 Å². The van der Waals surface area contributed by atoms with E-state index in [1.165, 1.54) is 11.1 Å². The number of fused-ring (bicyclic) bond motifs is 1. The summed E-state index contributed by atoms with van der Waals surface area (Å²) in [5.41, 5.74) is 3.93. The van der Waals surface area contributed by atoms with Crippen molar-refractivity contribution < 1.29 is 4.52 Å². The number of hydrogen-bond donors (Lipinski definition) is 0. The van der Waals surface area contributed by atoms with Gasteiger partial charge in [-0.2, -0.15) is 0 Å². The van der Waals surface area contributed by atoms with E-state index in [4.69, 9.17) is 4.52 Å². The topological polar surface area (TPSA) is 26.0 Å². The molecule has 0 unspecified atom stereocenters. The standard InChI is InChI=1S/C15H21NO/c1-14(2,3)11-7-10-9-17-16-13(10)8-12(11)15(4,5)6/h7-9H,1-6H3. The van der Waals surface area contributed by atoms with Crippen molar-refractivity contribution in [2.24, 2.45) is 0 Å². The van der Waals surface area contributed by atoms with Crippen molar-refractivity contribution in [3.63, 3.8) is 0 Å². The third-order valence-corrected chi connectivity index (χ3v) is 3.11. The van der Waals surface area contributed by atoms with Crippen molar-refractivity contribution in [3.8, 4) is 0 Å². The Morgan fingerprint density at radius 2 is 1.41 bits per heavy atom. The van der Waals surface area contributed by atoms with Gasteiger partial charge in [-0.3, -0.25) is 0 Å². The van der Waals surface area contributed by atoms with Gasteiger partial charge in [0.05, 0.1) is 0 Å². The van der Waals surface area contributed by atoms with Gasteiger partial charge in [-0.05, 0) is 34.1 Å². The van der Waals surface area contributed by atoms with E-state index < -0.39 is 0 Å². The quantitative estimate of drug-likeness (QED) is 0.670. The molecule has 92 valence electrons. The first-order valence-electron chi connectivity index (χ1n) is 6.09. The first kappa shape index (κ1) is 12.2. The summed E-state index contributed by atoms with van der Waals surface area (Å²) in [6.07, 6.45) is 1.72. The Morgan fingerprint density at radius 3 is 1.94 bits per heavy atom. The lowest BCUT2D eigenvalue weighted by molar-refractivity contribution is 0.428. The van der Waals surface area contributed by atoms with Crippen LogP contribution >= 0.6 is 0 Å². The molecule has 0 aliphatic rings. The Morgan fingerprint density at radius 1 is 0.882 bits per heavy atom. The summed E-state index contributed by atoms with van der Waals surface area (Å²) in [6, 6.07) is 4.38. The third-order valence-electron chi connectivity index (χ3n) is 3.11. The Balaban J connectivity index is 2.78. The zero-order valence-corrected chi connectivity index (χ0v) is 11.6. The first-order chi connectivity index (χ1) is 7.69. The minimum absolute atomic E-state index is 0.121. The van der Waals surface area contributed by atoms with E-state index in [-0.39, 0.29) is 10.8 Å². The summed E-state index contributed by atoms with van der Waals surface area (Å²) in [4.78, 5) is 0. The Labute approximate surface area is 103 Å². The number of benzene rings is 1. The smallest absolute Gasteiger partial charge is 0.131 e. The molecule has 0 aliphatic carbocycles. The minimum Gasteiger partial charge on any atom is -0.364 e. The maximum atomic E-state index is 5.05. The van der Waals surface area contributed by atoms with Crippen LogP contribution in [0.3, 0.4) is 0 Å². The maximum absolute atomic E-state index is 5.05. The van der Waals surface area contributed by atoms with Crippen molar-refractivity contribution in [1.82, 2.24) is 5.16 Å². The van der Waals surface area contributed by atoms with Crippen LogP contribution in [0.1, 0.15) is 52.7 Å². The second-order valence-corrected chi connectivity index (χ2v) is 6.77. The van der Waals surface area contributed by atoms with Gasteiger partial charge in [-0.15, -0.1) is 0 Å². The minimum atomic E-state index is 0.121. The SMILES string of the molecule is CC(C)(C)c1cc2conc2cc1C(C)(C)C. The molecule has 0 aliphatic heterocycles. The molecule has 2 rings (SSSR count). The molecule has 0 spiro atoms. The second kappa shape index (κ2) is 3.59. The summed E-state index contributed by atoms with van der Waals surface area (Å²) in [5.74, 6) is 0. The number of hydrogen-bond acceptors (Lipinski definition) is 2. The average molecular weight is 231 g/mol. The van der Waals surface area contributed by atoms with Crippen LogP contribution in [-0.2, 0) is 10.8 Å². The van der Waals surface area contributed by atoms with Crippen LogP contribution in [0.4, 0.5) is 0 Å². The van der Waals surface area contributed by atoms with Crippen molar-refractivity contribution in [1.29, 1.82) is 0 Å². The predicted molar refractivity (Wildman–Crippen MR) is 71.4 cm³/mol. The van der Waals surface area contributed by atoms with Crippen molar-refractivity contribution in [2.75, 3.05) is 0 Å². The van der Waals surface area contributed by atoms with Crippen LogP contribution in [0, 0.1) is 0 Å². The van der Waals surface area contributed by atoms with Crippen molar-refractivity contribution in [2.45, 2.75) is 52.4 Å². The highest BCUT2D eigenvalue weighted by Crippen LogP contribution is 2.36. The fraction of sp³-hybridized carbons (Fsp3) is 0.533. The van der Waals surface area contributed by atoms with Gasteiger partial charge in [0, 0.05) is 5.39 Å². The molecule has 1 heterocycles. The van der Waals surface area contributed by atoms with Gasteiger partial charge in [0.1, 0.15) is 11.8 Å². The lowest BCUT2D eigenvalue weighted by Crippen LogP contribution is -2.21. The summed E-state index contributed by atoms with van der Waals surface area (Å²) < 4.78 is 5.05. The fourth-order valence-corrected chi connectivity index (χ4v) is 2.16. The molecule has 1 aromatic carbocycles. The summed E-state index contributed by atoms with van der Waals surface area (Å²) >= 11 is 0. The van der Waals surface area contributed by atoms with E-state index in [1.807, 2.05) is 0 Å². The zero-order valence-electron chi connectivity index (χ0n) is 11.6. The van der Waals surface area contributed by atoms with Crippen LogP contribution in [0.25, 0.3) is 10.9 Å². The van der Waals surface area contributed by atoms with Gasteiger partial charge >= 0.3 is 0 Å². The molecule has 0 saturated carbocycles. The average Bonchev–Trinajstić information content (AvgIpc) is 2.59.